The number of rotatable bonds is 5. The maximum absolute atomic E-state index is 11.5. The van der Waals surface area contributed by atoms with E-state index in [1.54, 1.807) is 18.2 Å². The van der Waals surface area contributed by atoms with Gasteiger partial charge in [-0.15, -0.1) is 0 Å². The summed E-state index contributed by atoms with van der Waals surface area (Å²) in [6, 6.07) is 10.7. The molecule has 0 bridgehead atoms. The van der Waals surface area contributed by atoms with Crippen molar-refractivity contribution >= 4 is 15.9 Å². The van der Waals surface area contributed by atoms with Gasteiger partial charge in [-0.3, -0.25) is 0 Å². The van der Waals surface area contributed by atoms with Gasteiger partial charge in [0.1, 0.15) is 6.61 Å². The van der Waals surface area contributed by atoms with Crippen molar-refractivity contribution in [3.8, 4) is 6.07 Å². The molecule has 1 atom stereocenters. The number of carbonyl (C=O) groups excluding carboxylic acids is 1. The zero-order chi connectivity index (χ0) is 15.2. The molecule has 0 aliphatic carbocycles. The Bertz CT molecular complexity index is 607. The highest BCUT2D eigenvalue weighted by Gasteiger charge is 2.36. The quantitative estimate of drug-likeness (QED) is 0.881. The number of hydrogen-bond donors (Lipinski definition) is 1. The molecular formula is C13H16N2O4S. The van der Waals surface area contributed by atoms with E-state index in [0.717, 1.165) is 11.8 Å². The van der Waals surface area contributed by atoms with Crippen LogP contribution >= 0.6 is 0 Å². The van der Waals surface area contributed by atoms with Crippen molar-refractivity contribution in [1.82, 2.24) is 5.32 Å². The summed E-state index contributed by atoms with van der Waals surface area (Å²) in [5.74, 6) is 0. The number of nitrogens with one attached hydrogen (secondary N) is 1. The van der Waals surface area contributed by atoms with Crippen LogP contribution in [0.15, 0.2) is 30.3 Å². The zero-order valence-electron chi connectivity index (χ0n) is 11.3. The second kappa shape index (κ2) is 6.39. The first-order chi connectivity index (χ1) is 9.28. The van der Waals surface area contributed by atoms with Crippen molar-refractivity contribution in [2.75, 3.05) is 12.8 Å². The Morgan fingerprint density at radius 3 is 2.50 bits per heavy atom. The Kier molecular flexibility index (Phi) is 5.11. The van der Waals surface area contributed by atoms with Gasteiger partial charge in [-0.05, 0) is 12.5 Å². The van der Waals surface area contributed by atoms with Gasteiger partial charge < -0.3 is 10.1 Å². The highest BCUT2D eigenvalue weighted by Crippen LogP contribution is 2.13. The Morgan fingerprint density at radius 1 is 1.40 bits per heavy atom. The number of amides is 1. The lowest BCUT2D eigenvalue weighted by Crippen LogP contribution is -2.45. The van der Waals surface area contributed by atoms with Crippen LogP contribution in [0.1, 0.15) is 12.5 Å². The molecular weight excluding hydrogens is 280 g/mol. The minimum Gasteiger partial charge on any atom is -0.445 e. The second-order valence-electron chi connectivity index (χ2n) is 4.53. The third-order valence-electron chi connectivity index (χ3n) is 2.84. The summed E-state index contributed by atoms with van der Waals surface area (Å²) in [5.41, 5.74) is 0.814. The van der Waals surface area contributed by atoms with E-state index in [9.17, 15) is 13.2 Å². The van der Waals surface area contributed by atoms with Crippen LogP contribution in [0.25, 0.3) is 0 Å². The van der Waals surface area contributed by atoms with E-state index < -0.39 is 20.7 Å². The zero-order valence-corrected chi connectivity index (χ0v) is 12.1. The standard InChI is InChI=1S/C13H16N2O4S/c1-13(9-14,20(2,17)18)10-15-12(16)19-8-11-6-4-3-5-7-11/h3-7H,8,10H2,1-2H3,(H,15,16). The molecule has 6 nitrogen and oxygen atoms in total. The van der Waals surface area contributed by atoms with Crippen molar-refractivity contribution in [3.63, 3.8) is 0 Å². The molecule has 0 aliphatic rings. The fourth-order valence-corrected chi connectivity index (χ4v) is 1.77. The topological polar surface area (TPSA) is 96.3 Å². The van der Waals surface area contributed by atoms with E-state index in [1.165, 1.54) is 6.92 Å². The van der Waals surface area contributed by atoms with E-state index in [0.29, 0.717) is 0 Å². The maximum atomic E-state index is 11.5. The highest BCUT2D eigenvalue weighted by atomic mass is 32.2. The number of ether oxygens (including phenoxy) is 1. The first-order valence-electron chi connectivity index (χ1n) is 5.84. The molecule has 20 heavy (non-hydrogen) atoms. The van der Waals surface area contributed by atoms with Gasteiger partial charge in [-0.2, -0.15) is 5.26 Å². The predicted molar refractivity (Wildman–Crippen MR) is 73.5 cm³/mol. The minimum absolute atomic E-state index is 0.0782. The van der Waals surface area contributed by atoms with Gasteiger partial charge in [-0.1, -0.05) is 30.3 Å². The number of nitriles is 1. The average molecular weight is 296 g/mol. The lowest BCUT2D eigenvalue weighted by atomic mass is 10.2. The number of benzene rings is 1. The van der Waals surface area contributed by atoms with Crippen LogP contribution in [-0.4, -0.2) is 32.1 Å². The summed E-state index contributed by atoms with van der Waals surface area (Å²) in [6.07, 6.45) is 0.187. The van der Waals surface area contributed by atoms with Crippen LogP contribution in [0.5, 0.6) is 0 Å². The summed E-state index contributed by atoms with van der Waals surface area (Å²) >= 11 is 0. The Hall–Kier alpha value is -2.07. The molecule has 1 aromatic carbocycles. The number of nitrogens with zero attached hydrogens (tertiary/aromatic N) is 1. The van der Waals surface area contributed by atoms with Crippen molar-refractivity contribution in [2.45, 2.75) is 18.3 Å². The number of hydrogen-bond acceptors (Lipinski definition) is 5. The van der Waals surface area contributed by atoms with Crippen molar-refractivity contribution in [3.05, 3.63) is 35.9 Å². The molecule has 0 radical (unpaired) electrons. The summed E-state index contributed by atoms with van der Waals surface area (Å²) in [5, 5.41) is 11.2. The molecule has 0 spiro atoms. The van der Waals surface area contributed by atoms with E-state index >= 15 is 0 Å². The maximum Gasteiger partial charge on any atom is 0.407 e. The van der Waals surface area contributed by atoms with E-state index in [4.69, 9.17) is 10.00 Å². The third kappa shape index (κ3) is 4.24. The normalized spacial score (nSPS) is 13.8. The molecule has 7 heteroatoms. The smallest absolute Gasteiger partial charge is 0.407 e. The minimum atomic E-state index is -3.61. The van der Waals surface area contributed by atoms with E-state index in [1.807, 2.05) is 18.2 Å². The molecule has 0 saturated carbocycles. The van der Waals surface area contributed by atoms with Crippen LogP contribution in [0.4, 0.5) is 4.79 Å². The van der Waals surface area contributed by atoms with Crippen LogP contribution in [-0.2, 0) is 21.2 Å². The molecule has 108 valence electrons. The molecule has 0 aliphatic heterocycles. The van der Waals surface area contributed by atoms with Gasteiger partial charge in [0.05, 0.1) is 12.6 Å². The highest BCUT2D eigenvalue weighted by molar-refractivity contribution is 7.92. The summed E-state index contributed by atoms with van der Waals surface area (Å²) in [4.78, 5) is 11.5. The molecule has 1 amide bonds. The molecule has 0 saturated heterocycles. The molecule has 1 unspecified atom stereocenters. The van der Waals surface area contributed by atoms with Crippen LogP contribution in [0, 0.1) is 11.3 Å². The van der Waals surface area contributed by atoms with Gasteiger partial charge in [0.15, 0.2) is 14.6 Å². The lowest BCUT2D eigenvalue weighted by molar-refractivity contribution is 0.139. The molecule has 0 aromatic heterocycles. The average Bonchev–Trinajstić information content (AvgIpc) is 2.42. The predicted octanol–water partition coefficient (Wildman–Crippen LogP) is 1.24. The monoisotopic (exact) mass is 296 g/mol. The van der Waals surface area contributed by atoms with Crippen molar-refractivity contribution in [2.24, 2.45) is 0 Å². The molecule has 0 heterocycles. The first-order valence-corrected chi connectivity index (χ1v) is 7.73. The van der Waals surface area contributed by atoms with Gasteiger partial charge in [-0.25, -0.2) is 13.2 Å². The Morgan fingerprint density at radius 2 is 2.00 bits per heavy atom. The Labute approximate surface area is 118 Å². The largest absolute Gasteiger partial charge is 0.445 e. The number of carbonyl (C=O) groups is 1. The number of alkyl carbamates (subject to hydrolysis) is 1. The lowest BCUT2D eigenvalue weighted by Gasteiger charge is -2.19. The van der Waals surface area contributed by atoms with Crippen LogP contribution in [0.3, 0.4) is 0 Å². The van der Waals surface area contributed by atoms with Crippen LogP contribution in [0.2, 0.25) is 0 Å². The SMILES string of the molecule is CC(C#N)(CNC(=O)OCc1ccccc1)S(C)(=O)=O. The van der Waals surface area contributed by atoms with Gasteiger partial charge in [0, 0.05) is 6.26 Å². The van der Waals surface area contributed by atoms with E-state index in [-0.39, 0.29) is 13.2 Å². The fraction of sp³-hybridized carbons (Fsp3) is 0.385. The second-order valence-corrected chi connectivity index (χ2v) is 6.98. The van der Waals surface area contributed by atoms with Gasteiger partial charge in [0.25, 0.3) is 0 Å². The summed E-state index contributed by atoms with van der Waals surface area (Å²) in [7, 11) is -3.61. The van der Waals surface area contributed by atoms with Crippen molar-refractivity contribution < 1.29 is 17.9 Å². The fourth-order valence-electron chi connectivity index (χ4n) is 1.27. The summed E-state index contributed by atoms with van der Waals surface area (Å²) < 4.78 is 26.2. The number of sulfone groups is 1. The van der Waals surface area contributed by atoms with Crippen LogP contribution < -0.4 is 5.32 Å². The molecule has 0 fully saturated rings. The Balaban J connectivity index is 2.50. The van der Waals surface area contributed by atoms with Gasteiger partial charge >= 0.3 is 6.09 Å². The van der Waals surface area contributed by atoms with Crippen molar-refractivity contribution in [1.29, 1.82) is 5.26 Å². The molecule has 1 rings (SSSR count). The summed E-state index contributed by atoms with van der Waals surface area (Å²) in [6.45, 7) is 1.00. The molecule has 1 N–H and O–H groups in total. The molecule has 1 aromatic rings. The third-order valence-corrected chi connectivity index (χ3v) is 4.71. The van der Waals surface area contributed by atoms with Gasteiger partial charge in [0.2, 0.25) is 0 Å². The first kappa shape index (κ1) is 16.0. The van der Waals surface area contributed by atoms with E-state index in [2.05, 4.69) is 5.32 Å².